The number of carbonyl (C=O) groups excluding carboxylic acids is 1. The molecule has 0 spiro atoms. The second-order valence-corrected chi connectivity index (χ2v) is 2.90. The molecule has 82 valence electrons. The van der Waals surface area contributed by atoms with Gasteiger partial charge < -0.3 is 21.3 Å². The Morgan fingerprint density at radius 1 is 1.36 bits per heavy atom. The number of amides is 1. The lowest BCUT2D eigenvalue weighted by Crippen LogP contribution is -2.42. The molecule has 0 aliphatic heterocycles. The maximum atomic E-state index is 10.7. The monoisotopic (exact) mass is 204 g/mol. The number of hydrogen-bond donors (Lipinski definition) is 4. The van der Waals surface area contributed by atoms with E-state index in [0.29, 0.717) is 19.4 Å². The van der Waals surface area contributed by atoms with Crippen LogP contribution in [0.3, 0.4) is 0 Å². The molecule has 0 aliphatic carbocycles. The summed E-state index contributed by atoms with van der Waals surface area (Å²) >= 11 is 0. The summed E-state index contributed by atoms with van der Waals surface area (Å²) in [7, 11) is 0. The van der Waals surface area contributed by atoms with Gasteiger partial charge in [0.15, 0.2) is 0 Å². The van der Waals surface area contributed by atoms with Crippen molar-refractivity contribution in [2.45, 2.75) is 25.3 Å². The van der Waals surface area contributed by atoms with Crippen LogP contribution in [0, 0.1) is 0 Å². The molecule has 0 saturated carbocycles. The normalized spacial score (nSPS) is 12.1. The first-order valence-corrected chi connectivity index (χ1v) is 4.45. The number of hydrogen-bond acceptors (Lipinski definition) is 4. The van der Waals surface area contributed by atoms with E-state index in [9.17, 15) is 9.59 Å². The van der Waals surface area contributed by atoms with Gasteiger partial charge in [0, 0.05) is 0 Å². The Morgan fingerprint density at radius 3 is 2.43 bits per heavy atom. The van der Waals surface area contributed by atoms with E-state index >= 15 is 0 Å². The maximum Gasteiger partial charge on any atom is 0.326 e. The summed E-state index contributed by atoms with van der Waals surface area (Å²) in [4.78, 5) is 21.3. The van der Waals surface area contributed by atoms with Gasteiger partial charge in [-0.3, -0.25) is 4.79 Å². The third-order valence-electron chi connectivity index (χ3n) is 1.72. The minimum absolute atomic E-state index is 0.332. The molecular weight excluding hydrogens is 188 g/mol. The SMILES string of the molecule is NCCCCC(NC(=O)CO)C(=O)O. The van der Waals surface area contributed by atoms with Crippen molar-refractivity contribution >= 4 is 11.9 Å². The number of carboxylic acid groups (broad SMARTS) is 1. The lowest BCUT2D eigenvalue weighted by Gasteiger charge is -2.12. The van der Waals surface area contributed by atoms with Gasteiger partial charge in [-0.25, -0.2) is 4.79 Å². The van der Waals surface area contributed by atoms with Crippen LogP contribution in [0.5, 0.6) is 0 Å². The quantitative estimate of drug-likeness (QED) is 0.384. The van der Waals surface area contributed by atoms with Crippen LogP contribution >= 0.6 is 0 Å². The number of nitrogens with two attached hydrogens (primary N) is 1. The van der Waals surface area contributed by atoms with Gasteiger partial charge in [-0.15, -0.1) is 0 Å². The van der Waals surface area contributed by atoms with Crippen molar-refractivity contribution in [1.29, 1.82) is 0 Å². The first-order valence-electron chi connectivity index (χ1n) is 4.45. The van der Waals surface area contributed by atoms with Crippen LogP contribution in [0.2, 0.25) is 0 Å². The van der Waals surface area contributed by atoms with Gasteiger partial charge in [0.2, 0.25) is 5.91 Å². The Kier molecular flexibility index (Phi) is 6.69. The summed E-state index contributed by atoms with van der Waals surface area (Å²) < 4.78 is 0. The molecule has 0 aliphatic rings. The van der Waals surface area contributed by atoms with Crippen LogP contribution in [-0.4, -0.2) is 41.3 Å². The highest BCUT2D eigenvalue weighted by atomic mass is 16.4. The average Bonchev–Trinajstić information content (AvgIpc) is 2.16. The molecule has 1 unspecified atom stereocenters. The molecule has 0 aromatic carbocycles. The standard InChI is InChI=1S/C8H16N2O4/c9-4-2-1-3-6(8(13)14)10-7(12)5-11/h6,11H,1-5,9H2,(H,10,12)(H,13,14). The van der Waals surface area contributed by atoms with E-state index in [1.54, 1.807) is 0 Å². The molecule has 14 heavy (non-hydrogen) atoms. The molecule has 0 rings (SSSR count). The molecule has 1 atom stereocenters. The first kappa shape index (κ1) is 12.9. The molecule has 5 N–H and O–H groups in total. The van der Waals surface area contributed by atoms with E-state index in [0.717, 1.165) is 6.42 Å². The molecular formula is C8H16N2O4. The van der Waals surface area contributed by atoms with Crippen molar-refractivity contribution in [3.8, 4) is 0 Å². The molecule has 1 amide bonds. The number of carboxylic acids is 1. The van der Waals surface area contributed by atoms with E-state index in [4.69, 9.17) is 15.9 Å². The number of aliphatic hydroxyl groups excluding tert-OH is 1. The molecule has 0 fully saturated rings. The minimum Gasteiger partial charge on any atom is -0.480 e. The summed E-state index contributed by atoms with van der Waals surface area (Å²) in [6.07, 6.45) is 1.69. The number of rotatable bonds is 7. The number of nitrogens with one attached hydrogen (secondary N) is 1. The molecule has 0 bridgehead atoms. The van der Waals surface area contributed by atoms with Crippen LogP contribution < -0.4 is 11.1 Å². The Morgan fingerprint density at radius 2 is 2.00 bits per heavy atom. The number of unbranched alkanes of at least 4 members (excludes halogenated alkanes) is 1. The fourth-order valence-electron chi connectivity index (χ4n) is 0.990. The zero-order valence-corrected chi connectivity index (χ0v) is 7.90. The predicted octanol–water partition coefficient (Wildman–Crippen LogP) is -1.32. The fraction of sp³-hybridized carbons (Fsp3) is 0.750. The third kappa shape index (κ3) is 5.50. The number of carbonyl (C=O) groups is 2. The fourth-order valence-corrected chi connectivity index (χ4v) is 0.990. The smallest absolute Gasteiger partial charge is 0.326 e. The van der Waals surface area contributed by atoms with Gasteiger partial charge >= 0.3 is 5.97 Å². The summed E-state index contributed by atoms with van der Waals surface area (Å²) in [6, 6.07) is -0.929. The Bertz CT molecular complexity index is 196. The topological polar surface area (TPSA) is 113 Å². The highest BCUT2D eigenvalue weighted by molar-refractivity contribution is 5.83. The zero-order chi connectivity index (χ0) is 11.0. The largest absolute Gasteiger partial charge is 0.480 e. The highest BCUT2D eigenvalue weighted by Crippen LogP contribution is 2.00. The zero-order valence-electron chi connectivity index (χ0n) is 7.90. The third-order valence-corrected chi connectivity index (χ3v) is 1.72. The van der Waals surface area contributed by atoms with Gasteiger partial charge in [0.25, 0.3) is 0 Å². The highest BCUT2D eigenvalue weighted by Gasteiger charge is 2.18. The maximum absolute atomic E-state index is 10.7. The van der Waals surface area contributed by atoms with E-state index in [1.165, 1.54) is 0 Å². The van der Waals surface area contributed by atoms with Gasteiger partial charge in [-0.05, 0) is 25.8 Å². The lowest BCUT2D eigenvalue weighted by molar-refractivity contribution is -0.142. The van der Waals surface area contributed by atoms with E-state index in [-0.39, 0.29) is 0 Å². The summed E-state index contributed by atoms with van der Waals surface area (Å²) in [6.45, 7) is -0.193. The molecule has 0 heterocycles. The van der Waals surface area contributed by atoms with E-state index in [1.807, 2.05) is 0 Å². The first-order chi connectivity index (χ1) is 6.61. The molecule has 0 aromatic heterocycles. The van der Waals surface area contributed by atoms with Crippen LogP contribution in [0.15, 0.2) is 0 Å². The van der Waals surface area contributed by atoms with Gasteiger partial charge in [0.05, 0.1) is 0 Å². The minimum atomic E-state index is -1.09. The molecule has 6 nitrogen and oxygen atoms in total. The Hall–Kier alpha value is -1.14. The molecule has 6 heteroatoms. The van der Waals surface area contributed by atoms with Crippen molar-refractivity contribution in [2.24, 2.45) is 5.73 Å². The number of aliphatic hydroxyl groups is 1. The molecule has 0 saturated heterocycles. The van der Waals surface area contributed by atoms with Crippen molar-refractivity contribution in [2.75, 3.05) is 13.2 Å². The van der Waals surface area contributed by atoms with Crippen LogP contribution in [-0.2, 0) is 9.59 Å². The van der Waals surface area contributed by atoms with Crippen molar-refractivity contribution in [1.82, 2.24) is 5.32 Å². The second kappa shape index (κ2) is 7.28. The van der Waals surface area contributed by atoms with E-state index in [2.05, 4.69) is 5.32 Å². The second-order valence-electron chi connectivity index (χ2n) is 2.90. The number of aliphatic carboxylic acids is 1. The van der Waals surface area contributed by atoms with Gasteiger partial charge in [-0.2, -0.15) is 0 Å². The van der Waals surface area contributed by atoms with E-state index < -0.39 is 24.5 Å². The lowest BCUT2D eigenvalue weighted by atomic mass is 10.1. The van der Waals surface area contributed by atoms with Gasteiger partial charge in [-0.1, -0.05) is 0 Å². The summed E-state index contributed by atoms with van der Waals surface area (Å²) in [5.41, 5.74) is 5.24. The van der Waals surface area contributed by atoms with Crippen molar-refractivity contribution < 1.29 is 19.8 Å². The van der Waals surface area contributed by atoms with Crippen LogP contribution in [0.4, 0.5) is 0 Å². The average molecular weight is 204 g/mol. The summed E-state index contributed by atoms with van der Waals surface area (Å²) in [5, 5.41) is 19.3. The van der Waals surface area contributed by atoms with Crippen molar-refractivity contribution in [3.05, 3.63) is 0 Å². The van der Waals surface area contributed by atoms with Crippen LogP contribution in [0.1, 0.15) is 19.3 Å². The Labute approximate surface area is 82.1 Å². The predicted molar refractivity (Wildman–Crippen MR) is 49.6 cm³/mol. The van der Waals surface area contributed by atoms with Gasteiger partial charge in [0.1, 0.15) is 12.6 Å². The summed E-state index contributed by atoms with van der Waals surface area (Å²) in [5.74, 6) is -1.77. The Balaban J connectivity index is 3.90. The van der Waals surface area contributed by atoms with Crippen molar-refractivity contribution in [3.63, 3.8) is 0 Å². The molecule has 0 aromatic rings. The van der Waals surface area contributed by atoms with Crippen LogP contribution in [0.25, 0.3) is 0 Å². The molecule has 0 radical (unpaired) electrons.